The quantitative estimate of drug-likeness (QED) is 0.0289. The first-order valence-corrected chi connectivity index (χ1v) is 20.5. The fourth-order valence-electron chi connectivity index (χ4n) is 7.42. The highest BCUT2D eigenvalue weighted by Crippen LogP contribution is 2.53. The molecule has 0 bridgehead atoms. The van der Waals surface area contributed by atoms with E-state index in [9.17, 15) is 10.1 Å². The van der Waals surface area contributed by atoms with Crippen LogP contribution < -0.4 is 15.0 Å². The molecule has 5 aromatic rings. The van der Waals surface area contributed by atoms with Gasteiger partial charge in [0.15, 0.2) is 11.2 Å². The topological polar surface area (TPSA) is 152 Å². The molecule has 6 rings (SSSR count). The molecular formula is C43H53N8O6P. The first-order chi connectivity index (χ1) is 28.0. The van der Waals surface area contributed by atoms with Crippen LogP contribution in [0.2, 0.25) is 0 Å². The van der Waals surface area contributed by atoms with Crippen LogP contribution in [-0.4, -0.2) is 95.1 Å². The Hall–Kier alpha value is -5.16. The second-order valence-corrected chi connectivity index (χ2v) is 16.3. The Morgan fingerprint density at radius 2 is 1.55 bits per heavy atom. The van der Waals surface area contributed by atoms with Crippen molar-refractivity contribution < 1.29 is 23.3 Å². The van der Waals surface area contributed by atoms with Gasteiger partial charge in [-0.2, -0.15) is 10.2 Å². The van der Waals surface area contributed by atoms with Gasteiger partial charge in [-0.25, -0.2) is 14.6 Å². The summed E-state index contributed by atoms with van der Waals surface area (Å²) in [5.74, 6) is 1.36. The van der Waals surface area contributed by atoms with Crippen LogP contribution in [0, 0.1) is 17.2 Å². The summed E-state index contributed by atoms with van der Waals surface area (Å²) >= 11 is 0. The fraction of sp³-hybridized carbons (Fsp3) is 0.419. The van der Waals surface area contributed by atoms with Crippen LogP contribution in [0.1, 0.15) is 63.3 Å². The lowest BCUT2D eigenvalue weighted by Gasteiger charge is -2.50. The molecule has 1 fully saturated rings. The summed E-state index contributed by atoms with van der Waals surface area (Å²) in [7, 11) is 5.42. The Bertz CT molecular complexity index is 2160. The first-order valence-electron chi connectivity index (χ1n) is 19.4. The lowest BCUT2D eigenvalue weighted by molar-refractivity contribution is -0.147. The first kappa shape index (κ1) is 42.4. The van der Waals surface area contributed by atoms with Crippen molar-refractivity contribution in [3.05, 3.63) is 112 Å². The molecule has 1 aliphatic rings. The number of rotatable bonds is 19. The van der Waals surface area contributed by atoms with Crippen LogP contribution in [-0.2, 0) is 19.4 Å². The molecule has 2 heterocycles. The molecule has 1 unspecified atom stereocenters. The summed E-state index contributed by atoms with van der Waals surface area (Å²) in [4.78, 5) is 31.4. The average molecular weight is 809 g/mol. The number of aromatic nitrogens is 4. The van der Waals surface area contributed by atoms with Gasteiger partial charge in [0.25, 0.3) is 14.1 Å². The van der Waals surface area contributed by atoms with E-state index in [-0.39, 0.29) is 66.8 Å². The number of methoxy groups -OCH3 is 2. The molecule has 58 heavy (non-hydrogen) atoms. The SMILES string of the molecule is COc1ccc(C(O[C@H]2C[C@@H](n3cnc4c(=O)[nH]c(/N=C/N(C)C)nc43)[C@@H]2COP(OCCC#N)N(C(C)C)C(C)C)(c2ccccc2)c2ccc(OC)cc2)cc1. The highest BCUT2D eigenvalue weighted by Gasteiger charge is 2.50. The van der Waals surface area contributed by atoms with Crippen molar-refractivity contribution in [3.63, 3.8) is 0 Å². The van der Waals surface area contributed by atoms with Crippen LogP contribution in [0.5, 0.6) is 11.5 Å². The minimum atomic E-state index is -1.57. The molecule has 3 aromatic carbocycles. The minimum Gasteiger partial charge on any atom is -0.497 e. The van der Waals surface area contributed by atoms with E-state index in [4.69, 9.17) is 28.2 Å². The average Bonchev–Trinajstić information content (AvgIpc) is 3.64. The monoisotopic (exact) mass is 808 g/mol. The van der Waals surface area contributed by atoms with Crippen LogP contribution >= 0.6 is 8.53 Å². The normalized spacial score (nSPS) is 17.5. The molecule has 14 nitrogen and oxygen atoms in total. The van der Waals surface area contributed by atoms with Gasteiger partial charge in [-0.05, 0) is 75.1 Å². The smallest absolute Gasteiger partial charge is 0.280 e. The number of hydrogen-bond acceptors (Lipinski definition) is 11. The molecule has 0 radical (unpaired) electrons. The minimum absolute atomic E-state index is 0.114. The predicted molar refractivity (Wildman–Crippen MR) is 225 cm³/mol. The molecule has 15 heteroatoms. The summed E-state index contributed by atoms with van der Waals surface area (Å²) in [6.07, 6.45) is 3.67. The van der Waals surface area contributed by atoms with E-state index in [1.54, 1.807) is 31.8 Å². The Kier molecular flexibility index (Phi) is 14.0. The van der Waals surface area contributed by atoms with Gasteiger partial charge in [-0.1, -0.05) is 54.6 Å². The highest BCUT2D eigenvalue weighted by atomic mass is 31.2. The van der Waals surface area contributed by atoms with Crippen LogP contribution in [0.15, 0.2) is 95.0 Å². The Morgan fingerprint density at radius 3 is 2.10 bits per heavy atom. The number of nitrogens with one attached hydrogen (secondary N) is 1. The lowest BCUT2D eigenvalue weighted by Crippen LogP contribution is -2.51. The molecule has 306 valence electrons. The van der Waals surface area contributed by atoms with Crippen molar-refractivity contribution in [2.75, 3.05) is 41.5 Å². The number of ether oxygens (including phenoxy) is 3. The summed E-state index contributed by atoms with van der Waals surface area (Å²) in [6.45, 7) is 8.93. The molecule has 0 saturated heterocycles. The van der Waals surface area contributed by atoms with Gasteiger partial charge in [0.2, 0.25) is 5.95 Å². The van der Waals surface area contributed by atoms with Crippen molar-refractivity contribution in [1.29, 1.82) is 5.26 Å². The zero-order chi connectivity index (χ0) is 41.4. The van der Waals surface area contributed by atoms with Gasteiger partial charge in [0, 0.05) is 38.1 Å². The van der Waals surface area contributed by atoms with E-state index in [0.29, 0.717) is 12.1 Å². The molecule has 1 saturated carbocycles. The lowest BCUT2D eigenvalue weighted by atomic mass is 9.74. The van der Waals surface area contributed by atoms with E-state index >= 15 is 0 Å². The second-order valence-electron chi connectivity index (χ2n) is 14.9. The third-order valence-corrected chi connectivity index (χ3v) is 12.2. The molecule has 1 aliphatic carbocycles. The van der Waals surface area contributed by atoms with Crippen molar-refractivity contribution in [3.8, 4) is 17.6 Å². The molecule has 0 aliphatic heterocycles. The van der Waals surface area contributed by atoms with Crippen molar-refractivity contribution in [1.82, 2.24) is 29.1 Å². The number of aliphatic imine (C=N–C) groups is 1. The van der Waals surface area contributed by atoms with Gasteiger partial charge in [-0.15, -0.1) is 0 Å². The zero-order valence-corrected chi connectivity index (χ0v) is 35.3. The molecule has 4 atom stereocenters. The number of fused-ring (bicyclic) bond motifs is 1. The zero-order valence-electron chi connectivity index (χ0n) is 34.4. The second kappa shape index (κ2) is 19.1. The van der Waals surface area contributed by atoms with E-state index in [2.05, 4.69) is 65.5 Å². The van der Waals surface area contributed by atoms with E-state index < -0.39 is 14.1 Å². The number of nitriles is 1. The maximum Gasteiger partial charge on any atom is 0.280 e. The summed E-state index contributed by atoms with van der Waals surface area (Å²) in [6, 6.07) is 28.3. The van der Waals surface area contributed by atoms with E-state index in [1.807, 2.05) is 85.4 Å². The number of H-pyrrole nitrogens is 1. The van der Waals surface area contributed by atoms with Gasteiger partial charge in [0.05, 0.1) is 58.7 Å². The van der Waals surface area contributed by atoms with Gasteiger partial charge in [0.1, 0.15) is 17.1 Å². The van der Waals surface area contributed by atoms with Gasteiger partial charge < -0.3 is 32.7 Å². The van der Waals surface area contributed by atoms with Crippen molar-refractivity contribution in [2.45, 2.75) is 70.4 Å². The maximum atomic E-state index is 13.3. The fourth-order valence-corrected chi connectivity index (χ4v) is 9.06. The Balaban J connectivity index is 1.48. The van der Waals surface area contributed by atoms with Crippen LogP contribution in [0.25, 0.3) is 11.2 Å². The van der Waals surface area contributed by atoms with Gasteiger partial charge in [-0.3, -0.25) is 9.78 Å². The van der Waals surface area contributed by atoms with E-state index in [0.717, 1.165) is 28.2 Å². The Labute approximate surface area is 341 Å². The van der Waals surface area contributed by atoms with Crippen molar-refractivity contribution >= 4 is 32.0 Å². The van der Waals surface area contributed by atoms with Crippen LogP contribution in [0.4, 0.5) is 5.95 Å². The number of hydrogen-bond donors (Lipinski definition) is 1. The number of imidazole rings is 1. The number of aromatic amines is 1. The maximum absolute atomic E-state index is 13.3. The molecule has 0 amide bonds. The summed E-state index contributed by atoms with van der Waals surface area (Å²) < 4.78 is 36.1. The van der Waals surface area contributed by atoms with Crippen LogP contribution in [0.3, 0.4) is 0 Å². The number of benzene rings is 3. The number of nitrogens with zero attached hydrogens (tertiary/aromatic N) is 7. The molecular weight excluding hydrogens is 755 g/mol. The molecule has 0 spiro atoms. The third-order valence-electron chi connectivity index (χ3n) is 10.2. The van der Waals surface area contributed by atoms with E-state index in [1.165, 1.54) is 0 Å². The Morgan fingerprint density at radius 1 is 0.948 bits per heavy atom. The predicted octanol–water partition coefficient (Wildman–Crippen LogP) is 7.59. The van der Waals surface area contributed by atoms with Crippen molar-refractivity contribution in [2.24, 2.45) is 10.9 Å². The third kappa shape index (κ3) is 9.09. The van der Waals surface area contributed by atoms with Gasteiger partial charge >= 0.3 is 0 Å². The summed E-state index contributed by atoms with van der Waals surface area (Å²) in [5, 5.41) is 9.35. The molecule has 1 N–H and O–H groups in total. The molecule has 2 aromatic heterocycles. The largest absolute Gasteiger partial charge is 0.497 e. The highest BCUT2D eigenvalue weighted by molar-refractivity contribution is 7.44. The summed E-state index contributed by atoms with van der Waals surface area (Å²) in [5.41, 5.74) is 1.93. The standard InChI is InChI=1S/C43H53N8O6P/c1-29(2)51(30(3)4)58(55-24-12-23-44)56-26-36-37(50-28-45-39-40(50)47-42(48-41(39)52)46-27-49(5)6)25-38(36)57-43(31-13-10-9-11-14-31,32-15-19-34(53-7)20-16-32)33-17-21-35(54-8)22-18-33/h9-11,13-22,27-30,36-38H,12,24-26H2,1-8H3,(H,47,48,52)/b46-27+/t36-,37+,38-,58?/m0/s1.